The van der Waals surface area contributed by atoms with Gasteiger partial charge in [-0.25, -0.2) is 4.99 Å². The molecular weight excluding hydrogens is 663 g/mol. The minimum absolute atomic E-state index is 0. The fourth-order valence-electron chi connectivity index (χ4n) is 5.80. The van der Waals surface area contributed by atoms with Crippen LogP contribution in [0.5, 0.6) is 0 Å². The Hall–Kier alpha value is -2.30. The molecular formula is C36H68BN2O12. The number of hydrogen-bond acceptors (Lipinski definition) is 13. The van der Waals surface area contributed by atoms with Crippen LogP contribution >= 0.6 is 0 Å². The van der Waals surface area contributed by atoms with Crippen LogP contribution in [0.2, 0.25) is 0 Å². The number of amides is 1. The summed E-state index contributed by atoms with van der Waals surface area (Å²) in [6.07, 6.45) is 5.41. The zero-order chi connectivity index (χ0) is 36.9. The molecule has 0 aromatic rings. The third-order valence-corrected chi connectivity index (χ3v) is 9.17. The predicted molar refractivity (Wildman–Crippen MR) is 195 cm³/mol. The van der Waals surface area contributed by atoms with Gasteiger partial charge in [0.25, 0.3) is 0 Å². The molecule has 4 N–H and O–H groups in total. The number of hydrogen-bond donors (Lipinski definition) is 4. The summed E-state index contributed by atoms with van der Waals surface area (Å²) in [6.45, 7) is 15.9. The van der Waals surface area contributed by atoms with Crippen LogP contribution in [0.15, 0.2) is 4.99 Å². The number of esters is 2. The zero-order valence-corrected chi connectivity index (χ0v) is 31.5. The number of nitrogens with one attached hydrogen (secondary N) is 1. The van der Waals surface area contributed by atoms with Gasteiger partial charge in [-0.2, -0.15) is 0 Å². The summed E-state index contributed by atoms with van der Waals surface area (Å²) in [7, 11) is 0. The maximum absolute atomic E-state index is 11.6. The van der Waals surface area contributed by atoms with Gasteiger partial charge in [0.2, 0.25) is 12.2 Å². The van der Waals surface area contributed by atoms with Crippen LogP contribution in [-0.2, 0) is 42.8 Å². The Morgan fingerprint density at radius 1 is 0.725 bits per heavy atom. The van der Waals surface area contributed by atoms with Gasteiger partial charge in [0, 0.05) is 62.5 Å². The Bertz CT molecular complexity index is 986. The molecule has 0 aromatic carbocycles. The van der Waals surface area contributed by atoms with E-state index in [2.05, 4.69) is 31.1 Å². The lowest BCUT2D eigenvalue weighted by molar-refractivity contribution is -0.244. The van der Waals surface area contributed by atoms with E-state index < -0.39 is 6.29 Å². The Labute approximate surface area is 308 Å². The Balaban J connectivity index is 0. The smallest absolute Gasteiger partial charge is 0.302 e. The minimum Gasteiger partial charge on any atom is -0.463 e. The molecule has 3 radical (unpaired) electrons. The fraction of sp³-hybridized carbons (Fsp3) is 0.889. The molecule has 0 aliphatic carbocycles. The maximum Gasteiger partial charge on any atom is 0.302 e. The number of carbonyl (C=O) groups is 3. The number of aliphatic hydroxyl groups is 3. The quantitative estimate of drug-likeness (QED) is 0.103. The van der Waals surface area contributed by atoms with Crippen molar-refractivity contribution in [2.45, 2.75) is 145 Å². The molecule has 0 saturated carbocycles. The van der Waals surface area contributed by atoms with Gasteiger partial charge < -0.3 is 49.1 Å². The van der Waals surface area contributed by atoms with E-state index in [0.29, 0.717) is 24.8 Å². The van der Waals surface area contributed by atoms with E-state index in [1.807, 2.05) is 13.8 Å². The van der Waals surface area contributed by atoms with E-state index in [4.69, 9.17) is 43.7 Å². The Morgan fingerprint density at radius 3 is 1.71 bits per heavy atom. The largest absolute Gasteiger partial charge is 0.463 e. The van der Waals surface area contributed by atoms with Crippen molar-refractivity contribution < 1.29 is 58.1 Å². The molecule has 0 bridgehead atoms. The van der Waals surface area contributed by atoms with Crippen LogP contribution in [0.25, 0.3) is 0 Å². The normalized spacial score (nSPS) is 29.0. The van der Waals surface area contributed by atoms with Gasteiger partial charge in [-0.1, -0.05) is 60.8 Å². The predicted octanol–water partition coefficient (Wildman–Crippen LogP) is 3.38. The van der Waals surface area contributed by atoms with Crippen LogP contribution in [0.3, 0.4) is 0 Å². The topological polar surface area (TPSA) is 192 Å². The van der Waals surface area contributed by atoms with Crippen molar-refractivity contribution in [3.8, 4) is 0 Å². The second-order valence-corrected chi connectivity index (χ2v) is 13.1. The van der Waals surface area contributed by atoms with E-state index in [1.54, 1.807) is 0 Å². The summed E-state index contributed by atoms with van der Waals surface area (Å²) >= 11 is 0. The van der Waals surface area contributed by atoms with E-state index in [-0.39, 0.29) is 115 Å². The molecule has 0 spiro atoms. The summed E-state index contributed by atoms with van der Waals surface area (Å²) in [5.41, 5.74) is 0. The number of ether oxygens (including phenoxy) is 6. The molecule has 14 nitrogen and oxygen atoms in total. The first-order chi connectivity index (χ1) is 23.3. The number of aliphatic imine (C=N–C) groups is 1. The first kappa shape index (κ1) is 50.8. The fourth-order valence-corrected chi connectivity index (χ4v) is 5.80. The standard InChI is InChI=1S/C20H37NO6.C12H19NO4.C3H8O2.CH4.B/c1-14-15(2)19(21-16(3)23)20(27-18(14)13-26-17(4)24)25-12-10-8-6-5-7-9-11-22;1-6-7(2)11-12(16-8(3)13-11)17-10(6)5-15-9(4)14;4-2-1-3-5;;/h14-15,18-20,22H,5-13H2,1-4H3,(H,21,23);6-7,10-12H,5H2,1-4H3;4-5H,1-3H2;1H4;. The zero-order valence-electron chi connectivity index (χ0n) is 31.5. The summed E-state index contributed by atoms with van der Waals surface area (Å²) in [6, 6.07) is -0.158. The highest BCUT2D eigenvalue weighted by Gasteiger charge is 2.46. The van der Waals surface area contributed by atoms with Crippen LogP contribution in [0, 0.1) is 23.7 Å². The molecule has 3 aliphatic rings. The summed E-state index contributed by atoms with van der Waals surface area (Å²) < 4.78 is 33.5. The Kier molecular flexibility index (Phi) is 28.1. The monoisotopic (exact) mass is 731 g/mol. The molecule has 3 heterocycles. The van der Waals surface area contributed by atoms with Crippen molar-refractivity contribution in [3.63, 3.8) is 0 Å². The highest BCUT2D eigenvalue weighted by Crippen LogP contribution is 2.36. The lowest BCUT2D eigenvalue weighted by Gasteiger charge is -2.44. The third kappa shape index (κ3) is 19.4. The summed E-state index contributed by atoms with van der Waals surface area (Å²) in [4.78, 5) is 38.0. The second-order valence-electron chi connectivity index (χ2n) is 13.1. The van der Waals surface area contributed by atoms with Crippen LogP contribution in [-0.4, -0.2) is 124 Å². The number of unbranched alkanes of at least 4 members (excludes halogenated alkanes) is 5. The van der Waals surface area contributed by atoms with E-state index in [1.165, 1.54) is 20.8 Å². The van der Waals surface area contributed by atoms with Crippen molar-refractivity contribution in [3.05, 3.63) is 0 Å². The molecule has 51 heavy (non-hydrogen) atoms. The van der Waals surface area contributed by atoms with Crippen molar-refractivity contribution >= 4 is 32.2 Å². The molecule has 3 rings (SSSR count). The molecule has 297 valence electrons. The van der Waals surface area contributed by atoms with Gasteiger partial charge in [-0.05, 0) is 42.9 Å². The second kappa shape index (κ2) is 28.2. The Morgan fingerprint density at radius 2 is 1.22 bits per heavy atom. The van der Waals surface area contributed by atoms with Gasteiger partial charge in [0.1, 0.15) is 19.3 Å². The molecule has 2 fully saturated rings. The molecule has 10 unspecified atom stereocenters. The van der Waals surface area contributed by atoms with E-state index in [0.717, 1.165) is 38.5 Å². The van der Waals surface area contributed by atoms with Crippen molar-refractivity contribution in [2.75, 3.05) is 39.6 Å². The lowest BCUT2D eigenvalue weighted by atomic mass is 9.82. The highest BCUT2D eigenvalue weighted by atomic mass is 16.7. The number of fused-ring (bicyclic) bond motifs is 1. The number of rotatable bonds is 16. The number of nitrogens with zero attached hydrogens (tertiary/aromatic N) is 1. The van der Waals surface area contributed by atoms with Gasteiger partial charge in [0.15, 0.2) is 12.2 Å². The average molecular weight is 732 g/mol. The molecule has 0 aromatic heterocycles. The van der Waals surface area contributed by atoms with Crippen LogP contribution in [0.4, 0.5) is 0 Å². The highest BCUT2D eigenvalue weighted by molar-refractivity contribution is 5.76. The van der Waals surface area contributed by atoms with E-state index in [9.17, 15) is 14.4 Å². The first-order valence-electron chi connectivity index (χ1n) is 17.8. The lowest BCUT2D eigenvalue weighted by Crippen LogP contribution is -2.58. The van der Waals surface area contributed by atoms with Crippen molar-refractivity contribution in [2.24, 2.45) is 28.7 Å². The van der Waals surface area contributed by atoms with Gasteiger partial charge >= 0.3 is 11.9 Å². The molecule has 1 amide bonds. The number of aliphatic hydroxyl groups excluding tert-OH is 3. The molecule has 10 atom stereocenters. The third-order valence-electron chi connectivity index (χ3n) is 9.17. The van der Waals surface area contributed by atoms with Crippen molar-refractivity contribution in [1.82, 2.24) is 5.32 Å². The first-order valence-corrected chi connectivity index (χ1v) is 17.8. The van der Waals surface area contributed by atoms with E-state index >= 15 is 0 Å². The van der Waals surface area contributed by atoms with Crippen LogP contribution in [0.1, 0.15) is 108 Å². The van der Waals surface area contributed by atoms with Gasteiger partial charge in [0.05, 0.1) is 18.2 Å². The summed E-state index contributed by atoms with van der Waals surface area (Å²) in [5, 5.41) is 27.5. The van der Waals surface area contributed by atoms with Crippen molar-refractivity contribution in [1.29, 1.82) is 0 Å². The van der Waals surface area contributed by atoms with Gasteiger partial charge in [-0.3, -0.25) is 14.4 Å². The maximum atomic E-state index is 11.6. The average Bonchev–Trinajstić information content (AvgIpc) is 3.43. The summed E-state index contributed by atoms with van der Waals surface area (Å²) in [5.74, 6) is 0.835. The number of carbonyl (C=O) groups excluding carboxylic acids is 3. The molecule has 15 heteroatoms. The minimum atomic E-state index is -0.546. The molecule has 2 saturated heterocycles. The van der Waals surface area contributed by atoms with Gasteiger partial charge in [-0.15, -0.1) is 0 Å². The molecule has 3 aliphatic heterocycles. The SMILES string of the molecule is C.CC(=O)NC1C(OCCCCCCCCO)OC(COC(C)=O)C(C)C1C.CC(=O)OCC1OC2OC(C)=NC2C(C)C1C.OCCCO.[B]. The van der Waals surface area contributed by atoms with Crippen LogP contribution < -0.4 is 5.32 Å².